The molecule has 2 aromatic rings. The quantitative estimate of drug-likeness (QED) is 0.857. The van der Waals surface area contributed by atoms with Crippen molar-refractivity contribution >= 4 is 16.8 Å². The number of morpholine rings is 1. The lowest BCUT2D eigenvalue weighted by Crippen LogP contribution is -2.41. The van der Waals surface area contributed by atoms with Gasteiger partial charge in [0.25, 0.3) is 5.91 Å². The topological polar surface area (TPSA) is 70.2 Å². The second kappa shape index (κ2) is 6.02. The van der Waals surface area contributed by atoms with Gasteiger partial charge >= 0.3 is 0 Å². The first kappa shape index (κ1) is 13.1. The molecule has 1 aliphatic heterocycles. The number of rotatable bonds is 4. The van der Waals surface area contributed by atoms with Crippen molar-refractivity contribution in [2.24, 2.45) is 0 Å². The van der Waals surface area contributed by atoms with Gasteiger partial charge in [0.05, 0.1) is 18.7 Å². The first-order chi connectivity index (χ1) is 9.84. The molecule has 1 amide bonds. The molecule has 0 aliphatic carbocycles. The summed E-state index contributed by atoms with van der Waals surface area (Å²) in [7, 11) is 0. The van der Waals surface area contributed by atoms with Gasteiger partial charge in [-0.2, -0.15) is 5.10 Å². The molecule has 0 bridgehead atoms. The summed E-state index contributed by atoms with van der Waals surface area (Å²) in [4.78, 5) is 14.4. The van der Waals surface area contributed by atoms with Crippen molar-refractivity contribution < 1.29 is 9.53 Å². The smallest absolute Gasteiger partial charge is 0.272 e. The number of fused-ring (bicyclic) bond motifs is 1. The van der Waals surface area contributed by atoms with E-state index in [9.17, 15) is 4.79 Å². The number of carbonyl (C=O) groups excluding carboxylic acids is 1. The molecule has 6 nitrogen and oxygen atoms in total. The molecule has 2 N–H and O–H groups in total. The zero-order chi connectivity index (χ0) is 13.8. The van der Waals surface area contributed by atoms with Crippen molar-refractivity contribution in [1.29, 1.82) is 0 Å². The van der Waals surface area contributed by atoms with E-state index in [0.717, 1.165) is 43.8 Å². The highest BCUT2D eigenvalue weighted by molar-refractivity contribution is 6.04. The summed E-state index contributed by atoms with van der Waals surface area (Å²) in [5, 5.41) is 10.7. The van der Waals surface area contributed by atoms with Gasteiger partial charge in [0.15, 0.2) is 5.69 Å². The monoisotopic (exact) mass is 274 g/mol. The predicted octanol–water partition coefficient (Wildman–Crippen LogP) is 0.625. The maximum Gasteiger partial charge on any atom is 0.272 e. The molecule has 0 atom stereocenters. The van der Waals surface area contributed by atoms with Crippen molar-refractivity contribution in [2.75, 3.05) is 39.4 Å². The van der Waals surface area contributed by atoms with Gasteiger partial charge in [0.2, 0.25) is 0 Å². The van der Waals surface area contributed by atoms with Crippen molar-refractivity contribution in [2.45, 2.75) is 0 Å². The molecule has 1 fully saturated rings. The van der Waals surface area contributed by atoms with Crippen LogP contribution < -0.4 is 5.32 Å². The fourth-order valence-electron chi connectivity index (χ4n) is 2.37. The summed E-state index contributed by atoms with van der Waals surface area (Å²) in [5.74, 6) is -0.129. The molecule has 0 unspecified atom stereocenters. The number of ether oxygens (including phenoxy) is 1. The third-order valence-corrected chi connectivity index (χ3v) is 3.50. The normalized spacial score (nSPS) is 16.4. The highest BCUT2D eigenvalue weighted by atomic mass is 16.5. The molecule has 0 radical (unpaired) electrons. The fourth-order valence-corrected chi connectivity index (χ4v) is 2.37. The Hall–Kier alpha value is -1.92. The molecule has 1 aliphatic rings. The van der Waals surface area contributed by atoms with Gasteiger partial charge in [-0.15, -0.1) is 0 Å². The number of benzene rings is 1. The number of aromatic amines is 1. The van der Waals surface area contributed by atoms with E-state index in [-0.39, 0.29) is 5.91 Å². The summed E-state index contributed by atoms with van der Waals surface area (Å²) in [6.45, 7) is 4.88. The summed E-state index contributed by atoms with van der Waals surface area (Å²) in [6, 6.07) is 7.63. The number of aromatic nitrogens is 2. The van der Waals surface area contributed by atoms with E-state index in [1.165, 1.54) is 0 Å². The van der Waals surface area contributed by atoms with Crippen LogP contribution in [0.25, 0.3) is 10.9 Å². The Labute approximate surface area is 117 Å². The SMILES string of the molecule is O=C(NCCN1CCOCC1)c1n[nH]c2ccccc12. The largest absolute Gasteiger partial charge is 0.379 e. The van der Waals surface area contributed by atoms with E-state index >= 15 is 0 Å². The maximum atomic E-state index is 12.1. The Balaban J connectivity index is 1.56. The van der Waals surface area contributed by atoms with Crippen LogP contribution in [-0.2, 0) is 4.74 Å². The Morgan fingerprint density at radius 2 is 2.15 bits per heavy atom. The Morgan fingerprint density at radius 3 is 3.00 bits per heavy atom. The third-order valence-electron chi connectivity index (χ3n) is 3.50. The zero-order valence-corrected chi connectivity index (χ0v) is 11.3. The number of nitrogens with zero attached hydrogens (tertiary/aromatic N) is 2. The minimum absolute atomic E-state index is 0.129. The van der Waals surface area contributed by atoms with E-state index in [2.05, 4.69) is 20.4 Å². The predicted molar refractivity (Wildman–Crippen MR) is 75.7 cm³/mol. The molecule has 1 aromatic heterocycles. The summed E-state index contributed by atoms with van der Waals surface area (Å²) >= 11 is 0. The lowest BCUT2D eigenvalue weighted by atomic mass is 10.2. The minimum atomic E-state index is -0.129. The van der Waals surface area contributed by atoms with Gasteiger partial charge in [0, 0.05) is 31.6 Å². The molecule has 106 valence electrons. The van der Waals surface area contributed by atoms with Crippen LogP contribution in [-0.4, -0.2) is 60.4 Å². The minimum Gasteiger partial charge on any atom is -0.379 e. The van der Waals surface area contributed by atoms with Crippen LogP contribution >= 0.6 is 0 Å². The van der Waals surface area contributed by atoms with Crippen LogP contribution in [0.15, 0.2) is 24.3 Å². The van der Waals surface area contributed by atoms with E-state index in [1.54, 1.807) is 0 Å². The van der Waals surface area contributed by atoms with Crippen LogP contribution in [0.4, 0.5) is 0 Å². The number of nitrogens with one attached hydrogen (secondary N) is 2. The van der Waals surface area contributed by atoms with E-state index in [1.807, 2.05) is 24.3 Å². The Kier molecular flexibility index (Phi) is 3.94. The molecule has 0 saturated carbocycles. The average Bonchev–Trinajstić information content (AvgIpc) is 2.92. The van der Waals surface area contributed by atoms with Gasteiger partial charge < -0.3 is 10.1 Å². The third kappa shape index (κ3) is 2.81. The Bertz CT molecular complexity index is 590. The first-order valence-electron chi connectivity index (χ1n) is 6.86. The number of hydrogen-bond acceptors (Lipinski definition) is 4. The lowest BCUT2D eigenvalue weighted by Gasteiger charge is -2.26. The van der Waals surface area contributed by atoms with Crippen molar-refractivity contribution in [3.05, 3.63) is 30.0 Å². The van der Waals surface area contributed by atoms with Gasteiger partial charge in [0.1, 0.15) is 0 Å². The highest BCUT2D eigenvalue weighted by Crippen LogP contribution is 2.14. The van der Waals surface area contributed by atoms with E-state index in [0.29, 0.717) is 12.2 Å². The second-order valence-electron chi connectivity index (χ2n) is 4.83. The molecule has 1 saturated heterocycles. The summed E-state index contributed by atoms with van der Waals surface area (Å²) in [6.07, 6.45) is 0. The average molecular weight is 274 g/mol. The number of H-pyrrole nitrogens is 1. The van der Waals surface area contributed by atoms with Gasteiger partial charge in [-0.05, 0) is 6.07 Å². The lowest BCUT2D eigenvalue weighted by molar-refractivity contribution is 0.0383. The summed E-state index contributed by atoms with van der Waals surface area (Å²) < 4.78 is 5.29. The van der Waals surface area contributed by atoms with Crippen LogP contribution in [0.5, 0.6) is 0 Å². The molecule has 2 heterocycles. The molecular weight excluding hydrogens is 256 g/mol. The van der Waals surface area contributed by atoms with Crippen molar-refractivity contribution in [1.82, 2.24) is 20.4 Å². The standard InChI is InChI=1S/C14H18N4O2/c19-14(15-5-6-18-7-9-20-10-8-18)13-11-3-1-2-4-12(11)16-17-13/h1-4H,5-10H2,(H,15,19)(H,16,17). The molecule has 0 spiro atoms. The van der Waals surface area contributed by atoms with Crippen LogP contribution in [0.1, 0.15) is 10.5 Å². The molecule has 3 rings (SSSR count). The van der Waals surface area contributed by atoms with Crippen LogP contribution in [0, 0.1) is 0 Å². The number of para-hydroxylation sites is 1. The van der Waals surface area contributed by atoms with E-state index in [4.69, 9.17) is 4.74 Å². The fraction of sp³-hybridized carbons (Fsp3) is 0.429. The molecular formula is C14H18N4O2. The van der Waals surface area contributed by atoms with Gasteiger partial charge in [-0.3, -0.25) is 14.8 Å². The molecule has 20 heavy (non-hydrogen) atoms. The number of carbonyl (C=O) groups is 1. The molecule has 6 heteroatoms. The van der Waals surface area contributed by atoms with Crippen LogP contribution in [0.3, 0.4) is 0 Å². The first-order valence-corrected chi connectivity index (χ1v) is 6.86. The zero-order valence-electron chi connectivity index (χ0n) is 11.3. The van der Waals surface area contributed by atoms with E-state index < -0.39 is 0 Å². The number of amides is 1. The summed E-state index contributed by atoms with van der Waals surface area (Å²) in [5.41, 5.74) is 1.34. The van der Waals surface area contributed by atoms with Crippen molar-refractivity contribution in [3.8, 4) is 0 Å². The van der Waals surface area contributed by atoms with Gasteiger partial charge in [-0.25, -0.2) is 0 Å². The second-order valence-corrected chi connectivity index (χ2v) is 4.83. The molecule has 1 aromatic carbocycles. The highest BCUT2D eigenvalue weighted by Gasteiger charge is 2.14. The van der Waals surface area contributed by atoms with Crippen molar-refractivity contribution in [3.63, 3.8) is 0 Å². The Morgan fingerprint density at radius 1 is 1.35 bits per heavy atom. The van der Waals surface area contributed by atoms with Crippen LogP contribution in [0.2, 0.25) is 0 Å². The van der Waals surface area contributed by atoms with Gasteiger partial charge in [-0.1, -0.05) is 18.2 Å². The maximum absolute atomic E-state index is 12.1. The number of hydrogen-bond donors (Lipinski definition) is 2.